The SMILES string of the molecule is CCCCNC(=O)CSc1nnc(C(C)Oc2ccccc2F)o1. The van der Waals surface area contributed by atoms with E-state index in [0.29, 0.717) is 6.54 Å². The lowest BCUT2D eigenvalue weighted by atomic mass is 10.3. The smallest absolute Gasteiger partial charge is 0.277 e. The number of hydrogen-bond donors (Lipinski definition) is 1. The minimum atomic E-state index is -0.595. The third kappa shape index (κ3) is 5.52. The molecule has 130 valence electrons. The number of halogens is 1. The van der Waals surface area contributed by atoms with Crippen LogP contribution >= 0.6 is 11.8 Å². The van der Waals surface area contributed by atoms with Crippen LogP contribution < -0.4 is 10.1 Å². The summed E-state index contributed by atoms with van der Waals surface area (Å²) in [7, 11) is 0. The number of nitrogens with zero attached hydrogens (tertiary/aromatic N) is 2. The summed E-state index contributed by atoms with van der Waals surface area (Å²) in [5, 5.41) is 10.8. The molecule has 2 aromatic rings. The number of rotatable bonds is 9. The van der Waals surface area contributed by atoms with Gasteiger partial charge >= 0.3 is 0 Å². The zero-order valence-electron chi connectivity index (χ0n) is 13.6. The second kappa shape index (κ2) is 9.27. The maximum absolute atomic E-state index is 13.6. The number of nitrogens with one attached hydrogen (secondary N) is 1. The first-order chi connectivity index (χ1) is 11.6. The molecule has 0 aliphatic carbocycles. The molecule has 0 fully saturated rings. The molecule has 6 nitrogen and oxygen atoms in total. The highest BCUT2D eigenvalue weighted by Crippen LogP contribution is 2.25. The largest absolute Gasteiger partial charge is 0.478 e. The summed E-state index contributed by atoms with van der Waals surface area (Å²) in [6.07, 6.45) is 1.38. The van der Waals surface area contributed by atoms with Crippen molar-refractivity contribution in [3.05, 3.63) is 36.0 Å². The Morgan fingerprint density at radius 1 is 1.42 bits per heavy atom. The van der Waals surface area contributed by atoms with E-state index in [2.05, 4.69) is 22.4 Å². The first kappa shape index (κ1) is 18.3. The summed E-state index contributed by atoms with van der Waals surface area (Å²) in [4.78, 5) is 11.6. The van der Waals surface area contributed by atoms with Crippen molar-refractivity contribution < 1.29 is 18.3 Å². The normalized spacial score (nSPS) is 12.0. The molecule has 1 N–H and O–H groups in total. The van der Waals surface area contributed by atoms with Crippen LogP contribution in [0.15, 0.2) is 33.9 Å². The van der Waals surface area contributed by atoms with E-state index in [4.69, 9.17) is 9.15 Å². The molecule has 1 amide bonds. The zero-order valence-corrected chi connectivity index (χ0v) is 14.4. The van der Waals surface area contributed by atoms with E-state index in [0.717, 1.165) is 24.6 Å². The summed E-state index contributed by atoms with van der Waals surface area (Å²) < 4.78 is 24.5. The van der Waals surface area contributed by atoms with Crippen LogP contribution in [0.25, 0.3) is 0 Å². The van der Waals surface area contributed by atoms with Gasteiger partial charge in [0.2, 0.25) is 5.91 Å². The predicted octanol–water partition coefficient (Wildman–Crippen LogP) is 3.36. The maximum Gasteiger partial charge on any atom is 0.277 e. The van der Waals surface area contributed by atoms with Gasteiger partial charge in [-0.15, -0.1) is 10.2 Å². The van der Waals surface area contributed by atoms with Gasteiger partial charge in [0.1, 0.15) is 0 Å². The molecule has 1 unspecified atom stereocenters. The number of carbonyl (C=O) groups excluding carboxylic acids is 1. The van der Waals surface area contributed by atoms with Gasteiger partial charge < -0.3 is 14.5 Å². The molecule has 1 heterocycles. The Bertz CT molecular complexity index is 666. The molecule has 0 radical (unpaired) electrons. The minimum Gasteiger partial charge on any atom is -0.478 e. The fourth-order valence-corrected chi connectivity index (χ4v) is 2.41. The molecule has 0 saturated carbocycles. The molecule has 0 spiro atoms. The lowest BCUT2D eigenvalue weighted by Gasteiger charge is -2.11. The minimum absolute atomic E-state index is 0.0798. The quantitative estimate of drug-likeness (QED) is 0.550. The Morgan fingerprint density at radius 2 is 2.21 bits per heavy atom. The van der Waals surface area contributed by atoms with Crippen LogP contribution in [0, 0.1) is 5.82 Å². The molecule has 0 aliphatic rings. The van der Waals surface area contributed by atoms with Gasteiger partial charge in [0, 0.05) is 6.54 Å². The summed E-state index contributed by atoms with van der Waals surface area (Å²) in [6.45, 7) is 4.41. The lowest BCUT2D eigenvalue weighted by molar-refractivity contribution is -0.118. The topological polar surface area (TPSA) is 77.2 Å². The highest BCUT2D eigenvalue weighted by atomic mass is 32.2. The third-order valence-corrected chi connectivity index (χ3v) is 3.91. The van der Waals surface area contributed by atoms with Crippen LogP contribution in [0.2, 0.25) is 0 Å². The molecule has 1 aromatic heterocycles. The number of amides is 1. The average Bonchev–Trinajstić information content (AvgIpc) is 3.04. The molecule has 1 aromatic carbocycles. The van der Waals surface area contributed by atoms with E-state index >= 15 is 0 Å². The number of benzene rings is 1. The Kier molecular flexibility index (Phi) is 7.05. The molecular weight excluding hydrogens is 333 g/mol. The average molecular weight is 353 g/mol. The molecule has 24 heavy (non-hydrogen) atoms. The van der Waals surface area contributed by atoms with Gasteiger partial charge in [0.05, 0.1) is 5.75 Å². The van der Waals surface area contributed by atoms with E-state index in [1.165, 1.54) is 12.1 Å². The lowest BCUT2D eigenvalue weighted by Crippen LogP contribution is -2.25. The van der Waals surface area contributed by atoms with Crippen molar-refractivity contribution in [2.45, 2.75) is 38.0 Å². The summed E-state index contributed by atoms with van der Waals surface area (Å²) in [5.41, 5.74) is 0. The van der Waals surface area contributed by atoms with E-state index < -0.39 is 11.9 Å². The van der Waals surface area contributed by atoms with Gasteiger partial charge in [-0.25, -0.2) is 4.39 Å². The van der Waals surface area contributed by atoms with Crippen LogP contribution in [0.1, 0.15) is 38.7 Å². The highest BCUT2D eigenvalue weighted by molar-refractivity contribution is 7.99. The predicted molar refractivity (Wildman–Crippen MR) is 88.4 cm³/mol. The van der Waals surface area contributed by atoms with Crippen molar-refractivity contribution in [3.63, 3.8) is 0 Å². The van der Waals surface area contributed by atoms with E-state index in [1.807, 2.05) is 0 Å². The number of ether oxygens (including phenoxy) is 1. The summed E-state index contributed by atoms with van der Waals surface area (Å²) in [5.74, 6) is 0.0133. The summed E-state index contributed by atoms with van der Waals surface area (Å²) in [6, 6.07) is 6.10. The first-order valence-corrected chi connectivity index (χ1v) is 8.72. The maximum atomic E-state index is 13.6. The fraction of sp³-hybridized carbons (Fsp3) is 0.438. The van der Waals surface area contributed by atoms with Gasteiger partial charge in [-0.2, -0.15) is 0 Å². The Balaban J connectivity index is 1.84. The summed E-state index contributed by atoms with van der Waals surface area (Å²) >= 11 is 1.15. The van der Waals surface area contributed by atoms with Crippen molar-refractivity contribution >= 4 is 17.7 Å². The van der Waals surface area contributed by atoms with Crippen LogP contribution in [0.4, 0.5) is 4.39 Å². The van der Waals surface area contributed by atoms with Crippen LogP contribution in [0.3, 0.4) is 0 Å². The molecular formula is C16H20FN3O3S. The molecule has 0 aliphatic heterocycles. The second-order valence-electron chi connectivity index (χ2n) is 5.09. The van der Waals surface area contributed by atoms with Crippen molar-refractivity contribution in [2.24, 2.45) is 0 Å². The number of aromatic nitrogens is 2. The Labute approximate surface area is 144 Å². The van der Waals surface area contributed by atoms with Crippen molar-refractivity contribution in [3.8, 4) is 5.75 Å². The van der Waals surface area contributed by atoms with E-state index in [1.54, 1.807) is 19.1 Å². The van der Waals surface area contributed by atoms with Crippen LogP contribution in [0.5, 0.6) is 5.75 Å². The van der Waals surface area contributed by atoms with Crippen LogP contribution in [-0.4, -0.2) is 28.4 Å². The monoisotopic (exact) mass is 353 g/mol. The molecule has 2 rings (SSSR count). The van der Waals surface area contributed by atoms with Crippen molar-refractivity contribution in [1.29, 1.82) is 0 Å². The Morgan fingerprint density at radius 3 is 2.96 bits per heavy atom. The molecule has 0 saturated heterocycles. The first-order valence-electron chi connectivity index (χ1n) is 7.74. The van der Waals surface area contributed by atoms with Crippen LogP contribution in [-0.2, 0) is 4.79 Å². The van der Waals surface area contributed by atoms with Crippen molar-refractivity contribution in [1.82, 2.24) is 15.5 Å². The number of unbranched alkanes of at least 4 members (excludes halogenated alkanes) is 1. The second-order valence-corrected chi connectivity index (χ2v) is 6.02. The number of carbonyl (C=O) groups is 1. The fourth-order valence-electron chi connectivity index (χ4n) is 1.81. The number of hydrogen-bond acceptors (Lipinski definition) is 6. The molecule has 8 heteroatoms. The van der Waals surface area contributed by atoms with Gasteiger partial charge in [0.15, 0.2) is 17.7 Å². The third-order valence-electron chi connectivity index (χ3n) is 3.09. The van der Waals surface area contributed by atoms with Gasteiger partial charge in [-0.3, -0.25) is 4.79 Å². The Hall–Kier alpha value is -2.09. The van der Waals surface area contributed by atoms with Gasteiger partial charge in [-0.1, -0.05) is 37.2 Å². The number of thioether (sulfide) groups is 1. The van der Waals surface area contributed by atoms with Gasteiger partial charge in [-0.05, 0) is 25.5 Å². The molecule has 1 atom stereocenters. The van der Waals surface area contributed by atoms with E-state index in [9.17, 15) is 9.18 Å². The van der Waals surface area contributed by atoms with E-state index in [-0.39, 0.29) is 28.5 Å². The number of para-hydroxylation sites is 1. The van der Waals surface area contributed by atoms with Crippen molar-refractivity contribution in [2.75, 3.05) is 12.3 Å². The standard InChI is InChI=1S/C16H20FN3O3S/c1-3-4-9-18-14(21)10-24-16-20-19-15(23-16)11(2)22-13-8-6-5-7-12(13)17/h5-8,11H,3-4,9-10H2,1-2H3,(H,18,21). The molecule has 0 bridgehead atoms. The zero-order chi connectivity index (χ0) is 17.4. The highest BCUT2D eigenvalue weighted by Gasteiger charge is 2.18. The van der Waals surface area contributed by atoms with Gasteiger partial charge in [0.25, 0.3) is 11.1 Å².